The van der Waals surface area contributed by atoms with E-state index in [-0.39, 0.29) is 5.92 Å². The van der Waals surface area contributed by atoms with Gasteiger partial charge < -0.3 is 9.90 Å². The number of carbonyl (C=O) groups excluding carboxylic acids is 1. The van der Waals surface area contributed by atoms with Crippen molar-refractivity contribution in [2.75, 3.05) is 11.3 Å². The maximum Gasteiger partial charge on any atom is 0.0439 e. The Kier molecular flexibility index (Phi) is 11.7. The molecule has 0 aliphatic heterocycles. The molecule has 0 spiro atoms. The summed E-state index contributed by atoms with van der Waals surface area (Å²) in [4.78, 5) is 9.59. The number of hydrogen-bond acceptors (Lipinski definition) is 4. The minimum atomic E-state index is -0.991. The maximum absolute atomic E-state index is 9.59. The second kappa shape index (κ2) is 9.17. The minimum Gasteiger partial charge on any atom is -0.550 e. The van der Waals surface area contributed by atoms with Crippen molar-refractivity contribution in [3.05, 3.63) is 0 Å². The zero-order valence-electron chi connectivity index (χ0n) is 6.46. The van der Waals surface area contributed by atoms with Crippen molar-refractivity contribution in [3.63, 3.8) is 0 Å². The number of rotatable bonds is 2. The molecule has 0 aromatic carbocycles. The normalized spacial score (nSPS) is 8.50. The molecule has 0 radical (unpaired) electrons. The first-order valence-electron chi connectivity index (χ1n) is 2.86. The Labute approximate surface area is 71.8 Å². The van der Waals surface area contributed by atoms with Crippen LogP contribution in [0.15, 0.2) is 0 Å². The first-order chi connectivity index (χ1) is 4.56. The van der Waals surface area contributed by atoms with Crippen LogP contribution in [0.25, 0.3) is 0 Å². The molecule has 0 aromatic rings. The molecule has 0 amide bonds. The van der Waals surface area contributed by atoms with E-state index in [4.69, 9.17) is 0 Å². The van der Waals surface area contributed by atoms with Gasteiger partial charge in [0.2, 0.25) is 0 Å². The van der Waals surface area contributed by atoms with Gasteiger partial charge in [0, 0.05) is 11.1 Å². The molecule has 0 saturated heterocycles. The number of hydrogen-bond donors (Lipinski definition) is 1. The summed E-state index contributed by atoms with van der Waals surface area (Å²) in [5.41, 5.74) is 0. The molecule has 0 heterocycles. The van der Waals surface area contributed by atoms with Crippen molar-refractivity contribution in [2.24, 2.45) is 5.92 Å². The van der Waals surface area contributed by atoms with Gasteiger partial charge in [0.25, 0.3) is 0 Å². The van der Waals surface area contributed by atoms with Crippen molar-refractivity contribution in [1.82, 2.24) is 0 Å². The molecule has 0 atom stereocenters. The van der Waals surface area contributed by atoms with Gasteiger partial charge in [-0.05, 0) is 12.2 Å². The van der Waals surface area contributed by atoms with Gasteiger partial charge in [0.1, 0.15) is 0 Å². The third-order valence-electron chi connectivity index (χ3n) is 0.601. The lowest BCUT2D eigenvalue weighted by atomic mass is 10.2. The second-order valence-corrected chi connectivity index (χ2v) is 3.50. The van der Waals surface area contributed by atoms with Crippen LogP contribution in [0.3, 0.4) is 0 Å². The molecule has 0 saturated carbocycles. The van der Waals surface area contributed by atoms with E-state index in [0.717, 1.165) is 5.08 Å². The van der Waals surface area contributed by atoms with Crippen LogP contribution in [0.1, 0.15) is 13.8 Å². The molecule has 0 bridgehead atoms. The predicted octanol–water partition coefficient (Wildman–Crippen LogP) is 0.629. The summed E-state index contributed by atoms with van der Waals surface area (Å²) in [6.45, 7) is 3.16. The highest BCUT2D eigenvalue weighted by molar-refractivity contribution is 8.08. The summed E-state index contributed by atoms with van der Waals surface area (Å²) in [7, 11) is 0. The minimum absolute atomic E-state index is 0.343. The number of aliphatic carboxylic acids is 1. The Balaban J connectivity index is 0. The molecule has 0 N–H and O–H groups in total. The highest BCUT2D eigenvalue weighted by Crippen LogP contribution is 1.90. The molecule has 0 rings (SSSR count). The first kappa shape index (κ1) is 12.8. The van der Waals surface area contributed by atoms with Crippen LogP contribution >= 0.6 is 24.4 Å². The highest BCUT2D eigenvalue weighted by atomic mass is 32.2. The van der Waals surface area contributed by atoms with Gasteiger partial charge in [-0.1, -0.05) is 13.8 Å². The zero-order chi connectivity index (χ0) is 8.57. The van der Waals surface area contributed by atoms with E-state index < -0.39 is 5.97 Å². The van der Waals surface area contributed by atoms with Gasteiger partial charge in [-0.3, -0.25) is 0 Å². The predicted molar refractivity (Wildman–Crippen MR) is 47.2 cm³/mol. The molecule has 0 fully saturated rings. The quantitative estimate of drug-likeness (QED) is 0.502. The van der Waals surface area contributed by atoms with E-state index in [1.54, 1.807) is 25.6 Å². The smallest absolute Gasteiger partial charge is 0.0439 e. The lowest BCUT2D eigenvalue weighted by Crippen LogP contribution is -2.27. The average molecular weight is 181 g/mol. The fourth-order valence-electron chi connectivity index (χ4n) is 0. The SMILES string of the molecule is CC(C)C(=O)[O-].CSCS. The van der Waals surface area contributed by atoms with E-state index in [2.05, 4.69) is 12.6 Å². The fourth-order valence-corrected chi connectivity index (χ4v) is 0. The Bertz CT molecular complexity index is 81.8. The van der Waals surface area contributed by atoms with Gasteiger partial charge >= 0.3 is 0 Å². The van der Waals surface area contributed by atoms with Crippen LogP contribution in [-0.4, -0.2) is 17.3 Å². The van der Waals surface area contributed by atoms with Crippen LogP contribution in [0.2, 0.25) is 0 Å². The number of carboxylic acids is 1. The summed E-state index contributed by atoms with van der Waals surface area (Å²) in [6, 6.07) is 0. The second-order valence-electron chi connectivity index (χ2n) is 1.89. The molecule has 4 heteroatoms. The van der Waals surface area contributed by atoms with E-state index in [1.807, 2.05) is 6.26 Å². The van der Waals surface area contributed by atoms with Gasteiger partial charge in [0.15, 0.2) is 0 Å². The van der Waals surface area contributed by atoms with Gasteiger partial charge in [-0.25, -0.2) is 0 Å². The van der Waals surface area contributed by atoms with Gasteiger partial charge in [-0.15, -0.1) is 0 Å². The fraction of sp³-hybridized carbons (Fsp3) is 0.833. The molecule has 62 valence electrons. The van der Waals surface area contributed by atoms with Gasteiger partial charge in [0.05, 0.1) is 0 Å². The summed E-state index contributed by atoms with van der Waals surface area (Å²) >= 11 is 5.60. The molecular formula is C6H13O2S2-. The Morgan fingerprint density at radius 2 is 1.90 bits per heavy atom. The van der Waals surface area contributed by atoms with E-state index in [1.165, 1.54) is 0 Å². The summed E-state index contributed by atoms with van der Waals surface area (Å²) in [5, 5.41) is 10.5. The average Bonchev–Trinajstić information content (AvgIpc) is 1.89. The van der Waals surface area contributed by atoms with Crippen LogP contribution in [0.5, 0.6) is 0 Å². The van der Waals surface area contributed by atoms with E-state index in [9.17, 15) is 9.90 Å². The standard InChI is InChI=1S/C4H8O2.C2H6S2/c1-3(2)4(5)6;1-4-2-3/h3H,1-2H3,(H,5,6);3H,2H2,1H3/p-1. The third-order valence-corrected chi connectivity index (χ3v) is 1.63. The first-order valence-corrected chi connectivity index (χ1v) is 4.89. The lowest BCUT2D eigenvalue weighted by Gasteiger charge is -2.01. The third kappa shape index (κ3) is 15.7. The van der Waals surface area contributed by atoms with Crippen molar-refractivity contribution >= 4 is 30.4 Å². The molecule has 2 nitrogen and oxygen atoms in total. The van der Waals surface area contributed by atoms with E-state index in [0.29, 0.717) is 0 Å². The molecular weight excluding hydrogens is 168 g/mol. The highest BCUT2D eigenvalue weighted by Gasteiger charge is 1.87. The van der Waals surface area contributed by atoms with E-state index >= 15 is 0 Å². The van der Waals surface area contributed by atoms with Crippen molar-refractivity contribution in [3.8, 4) is 0 Å². The molecule has 0 aliphatic carbocycles. The van der Waals surface area contributed by atoms with Crippen LogP contribution in [0.4, 0.5) is 0 Å². The number of carbonyl (C=O) groups is 1. The van der Waals surface area contributed by atoms with Crippen LogP contribution in [-0.2, 0) is 4.79 Å². The topological polar surface area (TPSA) is 40.1 Å². The zero-order valence-corrected chi connectivity index (χ0v) is 8.17. The Hall–Kier alpha value is 0.170. The summed E-state index contributed by atoms with van der Waals surface area (Å²) in [6.07, 6.45) is 2.02. The van der Waals surface area contributed by atoms with Crippen molar-refractivity contribution in [2.45, 2.75) is 13.8 Å². The Morgan fingerprint density at radius 1 is 1.70 bits per heavy atom. The van der Waals surface area contributed by atoms with Crippen molar-refractivity contribution in [1.29, 1.82) is 0 Å². The molecule has 0 unspecified atom stereocenters. The molecule has 10 heavy (non-hydrogen) atoms. The summed E-state index contributed by atoms with van der Waals surface area (Å²) in [5.74, 6) is -1.33. The van der Waals surface area contributed by atoms with Gasteiger partial charge in [-0.2, -0.15) is 24.4 Å². The number of thiol groups is 1. The molecule has 0 aromatic heterocycles. The largest absolute Gasteiger partial charge is 0.550 e. The number of thioether (sulfide) groups is 1. The maximum atomic E-state index is 9.59. The molecule has 0 aliphatic rings. The van der Waals surface area contributed by atoms with Crippen LogP contribution < -0.4 is 5.11 Å². The van der Waals surface area contributed by atoms with Crippen LogP contribution in [0, 0.1) is 5.92 Å². The Morgan fingerprint density at radius 3 is 1.90 bits per heavy atom. The number of carboxylic acid groups (broad SMARTS) is 1. The lowest BCUT2D eigenvalue weighted by molar-refractivity contribution is -0.310. The monoisotopic (exact) mass is 181 g/mol. The van der Waals surface area contributed by atoms with Crippen molar-refractivity contribution < 1.29 is 9.90 Å². The summed E-state index contributed by atoms with van der Waals surface area (Å²) < 4.78 is 0.